The van der Waals surface area contributed by atoms with Crippen LogP contribution >= 0.6 is 27.7 Å². The Morgan fingerprint density at radius 3 is 2.94 bits per heavy atom. The van der Waals surface area contributed by atoms with Gasteiger partial charge in [0.05, 0.1) is 16.1 Å². The van der Waals surface area contributed by atoms with Crippen LogP contribution in [0, 0.1) is 0 Å². The van der Waals surface area contributed by atoms with Gasteiger partial charge in [-0.1, -0.05) is 15.9 Å². The molecule has 0 spiro atoms. The smallest absolute Gasteiger partial charge is 0.240 e. The number of carbonyl (C=O) groups excluding carboxylic acids is 1. The molecule has 3 N–H and O–H groups in total. The molecule has 0 radical (unpaired) electrons. The zero-order valence-electron chi connectivity index (χ0n) is 9.63. The summed E-state index contributed by atoms with van der Waals surface area (Å²) in [6, 6.07) is 5.48. The van der Waals surface area contributed by atoms with E-state index < -0.39 is 0 Å². The summed E-state index contributed by atoms with van der Waals surface area (Å²) in [7, 11) is 0. The summed E-state index contributed by atoms with van der Waals surface area (Å²) in [5.74, 6) is 1.11. The molecule has 1 saturated heterocycles. The van der Waals surface area contributed by atoms with Crippen LogP contribution in [0.1, 0.15) is 19.8 Å². The average molecular weight is 315 g/mol. The molecule has 17 heavy (non-hydrogen) atoms. The molecule has 1 aromatic carbocycles. The molecule has 0 aromatic heterocycles. The second-order valence-corrected chi connectivity index (χ2v) is 6.88. The maximum absolute atomic E-state index is 12.2. The molecular formula is C12H15BrN2OS. The lowest BCUT2D eigenvalue weighted by molar-refractivity contribution is -0.118. The number of hydrogen-bond acceptors (Lipinski definition) is 3. The van der Waals surface area contributed by atoms with E-state index in [1.54, 1.807) is 17.8 Å². The Balaban J connectivity index is 2.13. The quantitative estimate of drug-likeness (QED) is 0.824. The highest BCUT2D eigenvalue weighted by Gasteiger charge is 2.37. The van der Waals surface area contributed by atoms with Gasteiger partial charge in [-0.3, -0.25) is 4.79 Å². The monoisotopic (exact) mass is 314 g/mol. The third-order valence-corrected chi connectivity index (χ3v) is 4.97. The number of anilines is 2. The van der Waals surface area contributed by atoms with E-state index in [9.17, 15) is 4.79 Å². The van der Waals surface area contributed by atoms with E-state index in [1.165, 1.54) is 0 Å². The molecular weight excluding hydrogens is 300 g/mol. The molecule has 1 fully saturated rings. The predicted molar refractivity (Wildman–Crippen MR) is 77.3 cm³/mol. The van der Waals surface area contributed by atoms with Gasteiger partial charge in [0.1, 0.15) is 0 Å². The van der Waals surface area contributed by atoms with Gasteiger partial charge in [0.25, 0.3) is 0 Å². The normalized spacial score (nSPS) is 23.6. The Hall–Kier alpha value is -0.680. The second kappa shape index (κ2) is 4.90. The summed E-state index contributed by atoms with van der Waals surface area (Å²) < 4.78 is 0.605. The summed E-state index contributed by atoms with van der Waals surface area (Å²) in [5.41, 5.74) is 7.13. The van der Waals surface area contributed by atoms with Crippen molar-refractivity contribution in [2.75, 3.05) is 16.8 Å². The fraction of sp³-hybridized carbons (Fsp3) is 0.417. The Labute approximate surface area is 114 Å². The fourth-order valence-corrected chi connectivity index (χ4v) is 3.45. The van der Waals surface area contributed by atoms with Crippen LogP contribution in [-0.4, -0.2) is 16.4 Å². The number of hydrogen-bond donors (Lipinski definition) is 2. The van der Waals surface area contributed by atoms with Crippen LogP contribution in [0.15, 0.2) is 22.7 Å². The second-order valence-electron chi connectivity index (χ2n) is 4.37. The number of thioether (sulfide) groups is 1. The summed E-state index contributed by atoms with van der Waals surface area (Å²) in [4.78, 5) is 12.2. The number of amides is 1. The van der Waals surface area contributed by atoms with Crippen molar-refractivity contribution in [1.82, 2.24) is 0 Å². The molecule has 0 aliphatic carbocycles. The van der Waals surface area contributed by atoms with Crippen LogP contribution in [0.4, 0.5) is 11.4 Å². The molecule has 1 aliphatic heterocycles. The van der Waals surface area contributed by atoms with Crippen molar-refractivity contribution in [3.05, 3.63) is 22.7 Å². The molecule has 1 atom stereocenters. The van der Waals surface area contributed by atoms with Gasteiger partial charge in [-0.2, -0.15) is 0 Å². The standard InChI is InChI=1S/C12H15BrN2OS/c1-12(5-2-6-17-12)11(16)15-10-4-3-8(13)7-9(10)14/h3-4,7H,2,5-6,14H2,1H3,(H,15,16). The molecule has 1 unspecified atom stereocenters. The number of nitrogen functional groups attached to an aromatic ring is 1. The summed E-state index contributed by atoms with van der Waals surface area (Å²) >= 11 is 5.06. The van der Waals surface area contributed by atoms with Crippen molar-refractivity contribution in [3.63, 3.8) is 0 Å². The van der Waals surface area contributed by atoms with Crippen molar-refractivity contribution in [2.45, 2.75) is 24.5 Å². The molecule has 1 amide bonds. The highest BCUT2D eigenvalue weighted by Crippen LogP contribution is 2.39. The van der Waals surface area contributed by atoms with Crippen molar-refractivity contribution in [1.29, 1.82) is 0 Å². The topological polar surface area (TPSA) is 55.1 Å². The predicted octanol–water partition coefficient (Wildman–Crippen LogP) is 3.26. The van der Waals surface area contributed by atoms with Gasteiger partial charge in [-0.25, -0.2) is 0 Å². The van der Waals surface area contributed by atoms with Gasteiger partial charge in [0.15, 0.2) is 0 Å². The summed E-state index contributed by atoms with van der Waals surface area (Å²) in [6.45, 7) is 2.00. The SMILES string of the molecule is CC1(C(=O)Nc2ccc(Br)cc2N)CCCS1. The highest BCUT2D eigenvalue weighted by molar-refractivity contribution is 9.10. The van der Waals surface area contributed by atoms with Crippen LogP contribution < -0.4 is 11.1 Å². The van der Waals surface area contributed by atoms with E-state index in [0.717, 1.165) is 23.1 Å². The van der Waals surface area contributed by atoms with Crippen molar-refractivity contribution >= 4 is 45.0 Å². The van der Waals surface area contributed by atoms with E-state index in [2.05, 4.69) is 21.2 Å². The molecule has 1 aliphatic rings. The molecule has 5 heteroatoms. The van der Waals surface area contributed by atoms with E-state index in [0.29, 0.717) is 11.4 Å². The van der Waals surface area contributed by atoms with E-state index in [4.69, 9.17) is 5.73 Å². The maximum atomic E-state index is 12.2. The number of benzene rings is 1. The third-order valence-electron chi connectivity index (χ3n) is 2.96. The lowest BCUT2D eigenvalue weighted by atomic mass is 10.0. The number of nitrogens with one attached hydrogen (secondary N) is 1. The largest absolute Gasteiger partial charge is 0.397 e. The van der Waals surface area contributed by atoms with Gasteiger partial charge in [-0.05, 0) is 43.7 Å². The van der Waals surface area contributed by atoms with Crippen LogP contribution in [0.3, 0.4) is 0 Å². The number of rotatable bonds is 2. The lowest BCUT2D eigenvalue weighted by Crippen LogP contribution is -2.34. The van der Waals surface area contributed by atoms with Gasteiger partial charge in [0.2, 0.25) is 5.91 Å². The molecule has 1 aromatic rings. The molecule has 2 rings (SSSR count). The van der Waals surface area contributed by atoms with Crippen LogP contribution in [0.25, 0.3) is 0 Å². The third kappa shape index (κ3) is 2.77. The van der Waals surface area contributed by atoms with E-state index >= 15 is 0 Å². The zero-order valence-corrected chi connectivity index (χ0v) is 12.0. The van der Waals surface area contributed by atoms with Crippen molar-refractivity contribution in [2.24, 2.45) is 0 Å². The lowest BCUT2D eigenvalue weighted by Gasteiger charge is -2.22. The molecule has 3 nitrogen and oxygen atoms in total. The Morgan fingerprint density at radius 1 is 1.59 bits per heavy atom. The number of halogens is 1. The van der Waals surface area contributed by atoms with E-state index in [-0.39, 0.29) is 10.7 Å². The van der Waals surface area contributed by atoms with Crippen molar-refractivity contribution < 1.29 is 4.79 Å². The van der Waals surface area contributed by atoms with Crippen LogP contribution in [0.2, 0.25) is 0 Å². The average Bonchev–Trinajstić information content (AvgIpc) is 2.71. The number of carbonyl (C=O) groups is 1. The van der Waals surface area contributed by atoms with Gasteiger partial charge in [-0.15, -0.1) is 11.8 Å². The highest BCUT2D eigenvalue weighted by atomic mass is 79.9. The zero-order chi connectivity index (χ0) is 12.5. The fourth-order valence-electron chi connectivity index (χ4n) is 1.86. The minimum absolute atomic E-state index is 0.0500. The summed E-state index contributed by atoms with van der Waals surface area (Å²) in [6.07, 6.45) is 2.03. The first-order valence-electron chi connectivity index (χ1n) is 5.52. The molecule has 0 bridgehead atoms. The maximum Gasteiger partial charge on any atom is 0.240 e. The van der Waals surface area contributed by atoms with Gasteiger partial charge >= 0.3 is 0 Å². The molecule has 92 valence electrons. The minimum atomic E-state index is -0.306. The Bertz CT molecular complexity index is 444. The number of nitrogens with two attached hydrogens (primary N) is 1. The van der Waals surface area contributed by atoms with Crippen LogP contribution in [0.5, 0.6) is 0 Å². The van der Waals surface area contributed by atoms with Crippen LogP contribution in [-0.2, 0) is 4.79 Å². The van der Waals surface area contributed by atoms with Gasteiger partial charge in [0, 0.05) is 4.47 Å². The Kier molecular flexibility index (Phi) is 3.68. The first kappa shape index (κ1) is 12.8. The first-order chi connectivity index (χ1) is 8.01. The van der Waals surface area contributed by atoms with Gasteiger partial charge < -0.3 is 11.1 Å². The molecule has 0 saturated carbocycles. The Morgan fingerprint density at radius 2 is 2.35 bits per heavy atom. The first-order valence-corrected chi connectivity index (χ1v) is 7.29. The van der Waals surface area contributed by atoms with Crippen molar-refractivity contribution in [3.8, 4) is 0 Å². The van der Waals surface area contributed by atoms with E-state index in [1.807, 2.05) is 19.1 Å². The minimum Gasteiger partial charge on any atom is -0.397 e. The molecule has 1 heterocycles. The summed E-state index contributed by atoms with van der Waals surface area (Å²) in [5, 5.41) is 2.91.